The zero-order valence-corrected chi connectivity index (χ0v) is 9.24. The largest absolute Gasteiger partial charge is 0.466 e. The molecule has 15 heavy (non-hydrogen) atoms. The van der Waals surface area contributed by atoms with Gasteiger partial charge in [-0.3, -0.25) is 0 Å². The van der Waals surface area contributed by atoms with E-state index in [2.05, 4.69) is 4.74 Å². The summed E-state index contributed by atoms with van der Waals surface area (Å²) in [7, 11) is 1.35. The van der Waals surface area contributed by atoms with Gasteiger partial charge in [-0.25, -0.2) is 4.79 Å². The lowest BCUT2D eigenvalue weighted by molar-refractivity contribution is -0.134. The fourth-order valence-corrected chi connectivity index (χ4v) is 1.50. The Labute approximate surface area is 93.2 Å². The number of hydrogen-bond acceptors (Lipinski definition) is 3. The molecule has 0 saturated heterocycles. The molecule has 1 aromatic heterocycles. The summed E-state index contributed by atoms with van der Waals surface area (Å²) in [5.74, 6) is -0.345. The van der Waals surface area contributed by atoms with E-state index in [9.17, 15) is 4.79 Å². The van der Waals surface area contributed by atoms with Crippen molar-refractivity contribution in [3.05, 3.63) is 52.8 Å². The average molecular weight is 220 g/mol. The van der Waals surface area contributed by atoms with E-state index in [1.807, 2.05) is 35.7 Å². The molecule has 0 saturated carbocycles. The van der Waals surface area contributed by atoms with E-state index in [1.54, 1.807) is 23.5 Å². The third-order valence-corrected chi connectivity index (χ3v) is 2.41. The van der Waals surface area contributed by atoms with Crippen LogP contribution in [0, 0.1) is 0 Å². The van der Waals surface area contributed by atoms with Crippen molar-refractivity contribution in [1.29, 1.82) is 0 Å². The van der Waals surface area contributed by atoms with Gasteiger partial charge < -0.3 is 4.74 Å². The zero-order chi connectivity index (χ0) is 10.9. The Morgan fingerprint density at radius 3 is 2.80 bits per heavy atom. The zero-order valence-electron chi connectivity index (χ0n) is 8.42. The predicted molar refractivity (Wildman–Crippen MR) is 63.6 cm³/mol. The molecule has 3 heteroatoms. The molecular formula is C12H12O2S. The van der Waals surface area contributed by atoms with Crippen LogP contribution < -0.4 is 0 Å². The van der Waals surface area contributed by atoms with Gasteiger partial charge in [-0.05, 0) is 17.5 Å². The average Bonchev–Trinajstić information content (AvgIpc) is 2.75. The number of esters is 1. The lowest BCUT2D eigenvalue weighted by Crippen LogP contribution is -1.92. The van der Waals surface area contributed by atoms with Gasteiger partial charge in [0.2, 0.25) is 0 Å². The predicted octanol–water partition coefficient (Wildman–Crippen LogP) is 3.05. The molecule has 0 aliphatic heterocycles. The molecule has 0 bridgehead atoms. The molecule has 0 aliphatic carbocycles. The van der Waals surface area contributed by atoms with Gasteiger partial charge in [-0.1, -0.05) is 30.4 Å². The van der Waals surface area contributed by atoms with Crippen LogP contribution in [0.2, 0.25) is 0 Å². The van der Waals surface area contributed by atoms with E-state index in [1.165, 1.54) is 18.1 Å². The van der Waals surface area contributed by atoms with Crippen molar-refractivity contribution < 1.29 is 9.53 Å². The molecule has 0 radical (unpaired) electrons. The Morgan fingerprint density at radius 1 is 1.33 bits per heavy atom. The highest BCUT2D eigenvalue weighted by Crippen LogP contribution is 2.09. The Bertz CT molecular complexity index is 372. The Kier molecular flexibility index (Phi) is 5.19. The van der Waals surface area contributed by atoms with Crippen LogP contribution in [0.1, 0.15) is 4.88 Å². The van der Waals surface area contributed by atoms with Crippen molar-refractivity contribution >= 4 is 23.4 Å². The summed E-state index contributed by atoms with van der Waals surface area (Å²) in [6.45, 7) is 0. The van der Waals surface area contributed by atoms with Gasteiger partial charge in [0.1, 0.15) is 0 Å². The molecule has 78 valence electrons. The van der Waals surface area contributed by atoms with Crippen LogP contribution in [0.4, 0.5) is 0 Å². The minimum Gasteiger partial charge on any atom is -0.466 e. The number of rotatable bonds is 4. The van der Waals surface area contributed by atoms with E-state index in [0.717, 1.165) is 0 Å². The molecule has 0 aliphatic rings. The lowest BCUT2D eigenvalue weighted by atomic mass is 10.3. The number of carbonyl (C=O) groups is 1. The molecule has 0 atom stereocenters. The maximum atomic E-state index is 10.7. The highest BCUT2D eigenvalue weighted by molar-refractivity contribution is 7.10. The molecule has 0 N–H and O–H groups in total. The van der Waals surface area contributed by atoms with E-state index in [4.69, 9.17) is 0 Å². The third kappa shape index (κ3) is 4.98. The van der Waals surface area contributed by atoms with Gasteiger partial charge in [0.25, 0.3) is 0 Å². The van der Waals surface area contributed by atoms with Crippen molar-refractivity contribution in [2.24, 2.45) is 0 Å². The quantitative estimate of drug-likeness (QED) is 0.443. The summed E-state index contributed by atoms with van der Waals surface area (Å²) in [5.41, 5.74) is 0. The Morgan fingerprint density at radius 2 is 2.13 bits per heavy atom. The van der Waals surface area contributed by atoms with Crippen molar-refractivity contribution in [1.82, 2.24) is 0 Å². The maximum absolute atomic E-state index is 10.7. The smallest absolute Gasteiger partial charge is 0.330 e. The standard InChI is InChI=1S/C12H12O2S/c1-14-12(13)9-5-3-2-4-7-11-8-6-10-15-11/h2-10H,1H3. The van der Waals surface area contributed by atoms with E-state index in [0.29, 0.717) is 0 Å². The van der Waals surface area contributed by atoms with Crippen LogP contribution in [0.25, 0.3) is 6.08 Å². The van der Waals surface area contributed by atoms with Gasteiger partial charge in [-0.2, -0.15) is 0 Å². The number of carbonyl (C=O) groups excluding carboxylic acids is 1. The number of methoxy groups -OCH3 is 1. The van der Waals surface area contributed by atoms with Gasteiger partial charge in [0.05, 0.1) is 7.11 Å². The molecule has 1 rings (SSSR count). The summed E-state index contributed by atoms with van der Waals surface area (Å²) >= 11 is 1.68. The second-order valence-electron chi connectivity index (χ2n) is 2.64. The van der Waals surface area contributed by atoms with E-state index >= 15 is 0 Å². The third-order valence-electron chi connectivity index (χ3n) is 1.57. The first-order valence-electron chi connectivity index (χ1n) is 4.46. The highest BCUT2D eigenvalue weighted by atomic mass is 32.1. The van der Waals surface area contributed by atoms with Crippen LogP contribution in [0.5, 0.6) is 0 Å². The van der Waals surface area contributed by atoms with Crippen LogP contribution in [-0.4, -0.2) is 13.1 Å². The van der Waals surface area contributed by atoms with E-state index in [-0.39, 0.29) is 5.97 Å². The normalized spacial score (nSPS) is 11.8. The van der Waals surface area contributed by atoms with Gasteiger partial charge in [0.15, 0.2) is 0 Å². The van der Waals surface area contributed by atoms with Crippen molar-refractivity contribution in [2.75, 3.05) is 7.11 Å². The first kappa shape index (κ1) is 11.5. The van der Waals surface area contributed by atoms with Gasteiger partial charge in [-0.15, -0.1) is 11.3 Å². The Hall–Kier alpha value is -1.61. The van der Waals surface area contributed by atoms with E-state index < -0.39 is 0 Å². The van der Waals surface area contributed by atoms with Gasteiger partial charge in [0, 0.05) is 11.0 Å². The summed E-state index contributed by atoms with van der Waals surface area (Å²) in [6.07, 6.45) is 10.6. The van der Waals surface area contributed by atoms with Crippen molar-refractivity contribution in [3.63, 3.8) is 0 Å². The maximum Gasteiger partial charge on any atom is 0.330 e. The van der Waals surface area contributed by atoms with Crippen LogP contribution in [-0.2, 0) is 9.53 Å². The first-order chi connectivity index (χ1) is 7.33. The van der Waals surface area contributed by atoms with Crippen LogP contribution >= 0.6 is 11.3 Å². The summed E-state index contributed by atoms with van der Waals surface area (Å²) < 4.78 is 4.44. The summed E-state index contributed by atoms with van der Waals surface area (Å²) in [5, 5.41) is 2.03. The van der Waals surface area contributed by atoms with Crippen LogP contribution in [0.15, 0.2) is 47.9 Å². The molecule has 0 unspecified atom stereocenters. The Balaban J connectivity index is 2.34. The molecule has 0 aromatic carbocycles. The molecule has 2 nitrogen and oxygen atoms in total. The minimum atomic E-state index is -0.345. The fourth-order valence-electron chi connectivity index (χ4n) is 0.867. The van der Waals surface area contributed by atoms with Crippen LogP contribution in [0.3, 0.4) is 0 Å². The topological polar surface area (TPSA) is 26.3 Å². The molecule has 0 amide bonds. The SMILES string of the molecule is COC(=O)C=CC=CC=Cc1cccs1. The minimum absolute atomic E-state index is 0.345. The first-order valence-corrected chi connectivity index (χ1v) is 5.34. The molecule has 1 aromatic rings. The number of ether oxygens (including phenoxy) is 1. The van der Waals surface area contributed by atoms with Crippen molar-refractivity contribution in [2.45, 2.75) is 0 Å². The molecule has 1 heterocycles. The van der Waals surface area contributed by atoms with Gasteiger partial charge >= 0.3 is 5.97 Å². The lowest BCUT2D eigenvalue weighted by Gasteiger charge is -1.85. The highest BCUT2D eigenvalue weighted by Gasteiger charge is 1.86. The number of allylic oxidation sites excluding steroid dienone is 4. The number of thiophene rings is 1. The number of hydrogen-bond donors (Lipinski definition) is 0. The molecule has 0 spiro atoms. The monoisotopic (exact) mass is 220 g/mol. The fraction of sp³-hybridized carbons (Fsp3) is 0.0833. The second kappa shape index (κ2) is 6.79. The molecular weight excluding hydrogens is 208 g/mol. The summed E-state index contributed by atoms with van der Waals surface area (Å²) in [4.78, 5) is 11.9. The van der Waals surface area contributed by atoms with Crippen molar-refractivity contribution in [3.8, 4) is 0 Å². The molecule has 0 fully saturated rings. The summed E-state index contributed by atoms with van der Waals surface area (Å²) in [6, 6.07) is 4.05. The second-order valence-corrected chi connectivity index (χ2v) is 3.62.